The zero-order valence-electron chi connectivity index (χ0n) is 26.6. The fourth-order valence-electron chi connectivity index (χ4n) is 6.31. The molecule has 0 aliphatic carbocycles. The van der Waals surface area contributed by atoms with E-state index in [4.69, 9.17) is 14.2 Å². The molecule has 0 radical (unpaired) electrons. The minimum absolute atomic E-state index is 0.0586. The van der Waals surface area contributed by atoms with E-state index in [-0.39, 0.29) is 35.8 Å². The number of piperidine rings is 2. The maximum atomic E-state index is 12.8. The van der Waals surface area contributed by atoms with Gasteiger partial charge >= 0.3 is 11.9 Å². The number of rotatable bonds is 8. The average molecular weight is 615 g/mol. The fraction of sp³-hybridized carbons (Fsp3) is 0.697. The molecule has 0 bridgehead atoms. The number of anilines is 1. The van der Waals surface area contributed by atoms with Gasteiger partial charge < -0.3 is 34.2 Å². The first-order chi connectivity index (χ1) is 21.3. The first-order valence-electron chi connectivity index (χ1n) is 16.4. The van der Waals surface area contributed by atoms with Crippen molar-refractivity contribution in [3.63, 3.8) is 0 Å². The number of nitrogens with one attached hydrogen (secondary N) is 1. The second-order valence-electron chi connectivity index (χ2n) is 12.1. The summed E-state index contributed by atoms with van der Waals surface area (Å²) in [5.74, 6) is 0.0596. The zero-order chi connectivity index (χ0) is 31.5. The zero-order valence-corrected chi connectivity index (χ0v) is 26.6. The Morgan fingerprint density at radius 1 is 0.705 bits per heavy atom. The van der Waals surface area contributed by atoms with Crippen molar-refractivity contribution >= 4 is 29.4 Å². The summed E-state index contributed by atoms with van der Waals surface area (Å²) < 4.78 is 16.0. The Morgan fingerprint density at radius 2 is 1.23 bits per heavy atom. The Bertz CT molecular complexity index is 1100. The summed E-state index contributed by atoms with van der Waals surface area (Å²) in [6.45, 7) is 8.13. The lowest BCUT2D eigenvalue weighted by Gasteiger charge is -2.36. The van der Waals surface area contributed by atoms with E-state index in [0.29, 0.717) is 0 Å². The van der Waals surface area contributed by atoms with Crippen molar-refractivity contribution in [2.24, 2.45) is 0 Å². The maximum absolute atomic E-state index is 12.8. The first kappa shape index (κ1) is 33.6. The smallest absolute Gasteiger partial charge is 0.329 e. The Hall–Kier alpha value is -3.34. The molecular formula is C33H50N4O7. The van der Waals surface area contributed by atoms with Gasteiger partial charge in [-0.1, -0.05) is 6.42 Å². The number of amides is 2. The van der Waals surface area contributed by atoms with E-state index in [9.17, 15) is 19.2 Å². The van der Waals surface area contributed by atoms with Crippen molar-refractivity contribution in [3.05, 3.63) is 24.3 Å². The number of esters is 2. The molecule has 5 rings (SSSR count). The van der Waals surface area contributed by atoms with Crippen LogP contribution in [0, 0.1) is 0 Å². The number of carbonyl (C=O) groups is 4. The van der Waals surface area contributed by atoms with Crippen LogP contribution in [0.25, 0.3) is 0 Å². The molecule has 4 atom stereocenters. The molecule has 0 saturated carbocycles. The first-order valence-corrected chi connectivity index (χ1v) is 16.4. The molecule has 4 aliphatic rings. The molecular weight excluding hydrogens is 564 g/mol. The van der Waals surface area contributed by atoms with E-state index in [0.717, 1.165) is 115 Å². The number of hydrogen-bond donors (Lipinski definition) is 1. The third-order valence-corrected chi connectivity index (χ3v) is 8.89. The number of methoxy groups -OCH3 is 1. The highest BCUT2D eigenvalue weighted by Gasteiger charge is 2.34. The minimum Gasteiger partial charge on any atom is -0.497 e. The predicted octanol–water partition coefficient (Wildman–Crippen LogP) is 3.29. The van der Waals surface area contributed by atoms with Gasteiger partial charge in [-0.05, 0) is 102 Å². The van der Waals surface area contributed by atoms with E-state index in [1.807, 2.05) is 24.3 Å². The summed E-state index contributed by atoms with van der Waals surface area (Å²) in [7, 11) is 1.63. The lowest BCUT2D eigenvalue weighted by Crippen LogP contribution is -2.48. The molecule has 4 aliphatic heterocycles. The Morgan fingerprint density at radius 3 is 1.75 bits per heavy atom. The van der Waals surface area contributed by atoms with Crippen molar-refractivity contribution in [1.82, 2.24) is 15.1 Å². The van der Waals surface area contributed by atoms with Gasteiger partial charge in [-0.3, -0.25) is 14.4 Å². The van der Waals surface area contributed by atoms with E-state index >= 15 is 0 Å². The van der Waals surface area contributed by atoms with E-state index < -0.39 is 12.2 Å². The molecule has 0 spiro atoms. The van der Waals surface area contributed by atoms with E-state index in [1.54, 1.807) is 30.8 Å². The molecule has 1 aromatic carbocycles. The highest BCUT2D eigenvalue weighted by Crippen LogP contribution is 2.28. The van der Waals surface area contributed by atoms with Crippen LogP contribution in [-0.4, -0.2) is 104 Å². The Labute approximate surface area is 261 Å². The summed E-state index contributed by atoms with van der Waals surface area (Å²) in [5.41, 5.74) is 0.978. The lowest BCUT2D eigenvalue weighted by atomic mass is 10.0. The molecule has 11 nitrogen and oxygen atoms in total. The van der Waals surface area contributed by atoms with Crippen LogP contribution in [-0.2, 0) is 28.7 Å². The largest absolute Gasteiger partial charge is 0.497 e. The number of benzene rings is 1. The molecule has 4 saturated heterocycles. The summed E-state index contributed by atoms with van der Waals surface area (Å²) in [6.07, 6.45) is 8.51. The van der Waals surface area contributed by atoms with Crippen LogP contribution in [0.1, 0.15) is 78.1 Å². The molecule has 2 amide bonds. The maximum Gasteiger partial charge on any atom is 0.329 e. The van der Waals surface area contributed by atoms with Gasteiger partial charge in [-0.15, -0.1) is 0 Å². The molecule has 0 unspecified atom stereocenters. The molecule has 44 heavy (non-hydrogen) atoms. The molecule has 4 fully saturated rings. The van der Waals surface area contributed by atoms with E-state index in [1.165, 1.54) is 0 Å². The van der Waals surface area contributed by atoms with Crippen molar-refractivity contribution in [2.75, 3.05) is 51.3 Å². The van der Waals surface area contributed by atoms with Crippen LogP contribution in [0.5, 0.6) is 5.75 Å². The molecule has 11 heteroatoms. The minimum atomic E-state index is -0.722. The van der Waals surface area contributed by atoms with Crippen molar-refractivity contribution in [3.8, 4) is 5.75 Å². The molecule has 1 aromatic rings. The number of nitrogens with zero attached hydrogens (tertiary/aromatic N) is 3. The summed E-state index contributed by atoms with van der Waals surface area (Å²) in [5, 5.41) is 3.13. The Balaban J connectivity index is 0.000000215. The third kappa shape index (κ3) is 9.09. The van der Waals surface area contributed by atoms with Crippen LogP contribution in [0.4, 0.5) is 5.69 Å². The van der Waals surface area contributed by atoms with Crippen LogP contribution in [0.3, 0.4) is 0 Å². The monoisotopic (exact) mass is 614 g/mol. The Kier molecular flexibility index (Phi) is 12.7. The van der Waals surface area contributed by atoms with E-state index in [2.05, 4.69) is 10.2 Å². The summed E-state index contributed by atoms with van der Waals surface area (Å²) in [4.78, 5) is 54.7. The average Bonchev–Trinajstić information content (AvgIpc) is 3.80. The number of likely N-dealkylation sites (tertiary alicyclic amines) is 2. The van der Waals surface area contributed by atoms with Gasteiger partial charge in [0.15, 0.2) is 12.2 Å². The van der Waals surface area contributed by atoms with Gasteiger partial charge in [0.2, 0.25) is 0 Å². The van der Waals surface area contributed by atoms with Gasteiger partial charge in [0.25, 0.3) is 11.8 Å². The van der Waals surface area contributed by atoms with Crippen molar-refractivity contribution in [2.45, 2.75) is 102 Å². The highest BCUT2D eigenvalue weighted by molar-refractivity contribution is 5.87. The summed E-state index contributed by atoms with van der Waals surface area (Å²) in [6, 6.07) is 7.14. The van der Waals surface area contributed by atoms with Gasteiger partial charge in [0, 0.05) is 38.4 Å². The molecule has 244 valence electrons. The molecule has 0 aromatic heterocycles. The standard InChI is InChI=1S/C20H28N2O4.C13H22N2O3/c1-15(19(23)21-12-5-6-13-21)26-20(24)18-7-3-4-14-22(18)16-8-10-17(25-2)11-9-16;1-10(12(16)15-8-4-5-9-15)18-13(17)11-6-2-3-7-14-11/h8-11,15,18H,3-7,12-14H2,1-2H3;10-11,14H,2-9H2,1H3/t15-,18+;10-,11+/m00/s1. The van der Waals surface area contributed by atoms with Crippen LogP contribution < -0.4 is 15.0 Å². The SMILES string of the molecule is COc1ccc(N2CCCC[C@@H]2C(=O)O[C@@H](C)C(=O)N2CCCC2)cc1.C[C@H](OC(=O)[C@H]1CCCCN1)C(=O)N1CCCC1. The van der Waals surface area contributed by atoms with Crippen LogP contribution in [0.15, 0.2) is 24.3 Å². The van der Waals surface area contributed by atoms with Gasteiger partial charge in [0.05, 0.1) is 7.11 Å². The van der Waals surface area contributed by atoms with Crippen molar-refractivity contribution < 1.29 is 33.4 Å². The predicted molar refractivity (Wildman–Crippen MR) is 166 cm³/mol. The fourth-order valence-corrected chi connectivity index (χ4v) is 6.31. The summed E-state index contributed by atoms with van der Waals surface area (Å²) >= 11 is 0. The van der Waals surface area contributed by atoms with Crippen molar-refractivity contribution in [1.29, 1.82) is 0 Å². The van der Waals surface area contributed by atoms with Gasteiger partial charge in [0.1, 0.15) is 17.8 Å². The topological polar surface area (TPSA) is 118 Å². The normalized spacial score (nSPS) is 23.2. The van der Waals surface area contributed by atoms with Crippen LogP contribution in [0.2, 0.25) is 0 Å². The molecule has 1 N–H and O–H groups in total. The number of carbonyl (C=O) groups excluding carboxylic acids is 4. The quantitative estimate of drug-likeness (QED) is 0.440. The number of ether oxygens (including phenoxy) is 3. The second kappa shape index (κ2) is 16.7. The highest BCUT2D eigenvalue weighted by atomic mass is 16.6. The second-order valence-corrected chi connectivity index (χ2v) is 12.1. The number of hydrogen-bond acceptors (Lipinski definition) is 9. The molecule has 4 heterocycles. The lowest BCUT2D eigenvalue weighted by molar-refractivity contribution is -0.160. The van der Waals surface area contributed by atoms with Gasteiger partial charge in [-0.25, -0.2) is 4.79 Å². The van der Waals surface area contributed by atoms with Crippen LogP contribution >= 0.6 is 0 Å². The third-order valence-electron chi connectivity index (χ3n) is 8.89. The van der Waals surface area contributed by atoms with Gasteiger partial charge in [-0.2, -0.15) is 0 Å².